The Bertz CT molecular complexity index is 119. The lowest BCUT2D eigenvalue weighted by Gasteiger charge is -2.26. The number of quaternary nitrogens is 1. The molecule has 1 amide bonds. The normalized spacial score (nSPS) is 11.2. The van der Waals surface area contributed by atoms with Crippen molar-refractivity contribution in [1.82, 2.24) is 0 Å². The molecule has 3 nitrogen and oxygen atoms in total. The van der Waals surface area contributed by atoms with E-state index in [-0.39, 0.29) is 6.09 Å². The van der Waals surface area contributed by atoms with Gasteiger partial charge in [0.1, 0.15) is 0 Å². The number of hydrogen-bond donors (Lipinski definition) is 0. The smallest absolute Gasteiger partial charge is 0.423 e. The lowest BCUT2D eigenvalue weighted by atomic mass is 10.4. The third-order valence-corrected chi connectivity index (χ3v) is 2.01. The second kappa shape index (κ2) is 3.56. The second-order valence-electron chi connectivity index (χ2n) is 2.50. The highest BCUT2D eigenvalue weighted by atomic mass is 16.5. The summed E-state index contributed by atoms with van der Waals surface area (Å²) >= 11 is 0. The fraction of sp³-hybridized carbons (Fsp3) is 0.857. The lowest BCUT2D eigenvalue weighted by Crippen LogP contribution is -2.48. The van der Waals surface area contributed by atoms with Gasteiger partial charge in [-0.2, -0.15) is 4.79 Å². The highest BCUT2D eigenvalue weighted by Crippen LogP contribution is 2.03. The van der Waals surface area contributed by atoms with Crippen LogP contribution in [0.25, 0.3) is 0 Å². The van der Waals surface area contributed by atoms with E-state index in [0.717, 1.165) is 13.1 Å². The van der Waals surface area contributed by atoms with Gasteiger partial charge in [-0.15, -0.1) is 0 Å². The average molecular weight is 146 g/mol. The first-order chi connectivity index (χ1) is 4.60. The van der Waals surface area contributed by atoms with Crippen LogP contribution in [0.4, 0.5) is 4.79 Å². The van der Waals surface area contributed by atoms with Crippen LogP contribution in [0.5, 0.6) is 0 Å². The number of rotatable bonds is 2. The van der Waals surface area contributed by atoms with Gasteiger partial charge in [0.2, 0.25) is 0 Å². The number of carbonyl (C=O) groups excluding carboxylic acids is 1. The topological polar surface area (TPSA) is 26.3 Å². The minimum absolute atomic E-state index is 0.162. The SMILES string of the molecule is CC[N+](C)(CC)C(=O)OC. The van der Waals surface area contributed by atoms with Gasteiger partial charge in [-0.05, 0) is 13.8 Å². The summed E-state index contributed by atoms with van der Waals surface area (Å²) in [4.78, 5) is 11.0. The van der Waals surface area contributed by atoms with Gasteiger partial charge >= 0.3 is 6.09 Å². The maximum absolute atomic E-state index is 11.0. The summed E-state index contributed by atoms with van der Waals surface area (Å²) < 4.78 is 4.99. The van der Waals surface area contributed by atoms with E-state index in [1.54, 1.807) is 0 Å². The molecule has 0 aliphatic rings. The highest BCUT2D eigenvalue weighted by molar-refractivity contribution is 5.59. The monoisotopic (exact) mass is 146 g/mol. The minimum atomic E-state index is -0.162. The molecule has 0 radical (unpaired) electrons. The Kier molecular flexibility index (Phi) is 3.36. The highest BCUT2D eigenvalue weighted by Gasteiger charge is 2.28. The Morgan fingerprint density at radius 3 is 1.90 bits per heavy atom. The molecule has 0 aromatic rings. The molecule has 0 saturated heterocycles. The van der Waals surface area contributed by atoms with Crippen LogP contribution >= 0.6 is 0 Å². The van der Waals surface area contributed by atoms with Crippen molar-refractivity contribution in [1.29, 1.82) is 0 Å². The molecule has 0 heterocycles. The molecule has 0 saturated carbocycles. The van der Waals surface area contributed by atoms with E-state index in [0.29, 0.717) is 4.48 Å². The fourth-order valence-corrected chi connectivity index (χ4v) is 0.702. The van der Waals surface area contributed by atoms with E-state index in [4.69, 9.17) is 0 Å². The Hall–Kier alpha value is -0.570. The average Bonchev–Trinajstić information content (AvgIpc) is 2.01. The van der Waals surface area contributed by atoms with E-state index in [1.165, 1.54) is 7.11 Å². The molecule has 0 fully saturated rings. The van der Waals surface area contributed by atoms with Crippen LogP contribution in [-0.4, -0.2) is 37.8 Å². The van der Waals surface area contributed by atoms with E-state index < -0.39 is 0 Å². The number of methoxy groups -OCH3 is 1. The van der Waals surface area contributed by atoms with Gasteiger partial charge in [-0.25, -0.2) is 4.48 Å². The Balaban J connectivity index is 4.17. The summed E-state index contributed by atoms with van der Waals surface area (Å²) in [7, 11) is 3.29. The molecule has 3 heteroatoms. The molecule has 0 aromatic heterocycles. The summed E-state index contributed by atoms with van der Waals surface area (Å²) in [5, 5.41) is 0. The molecule has 10 heavy (non-hydrogen) atoms. The number of carbonyl (C=O) groups is 1. The summed E-state index contributed by atoms with van der Waals surface area (Å²) in [6, 6.07) is 0. The first-order valence-electron chi connectivity index (χ1n) is 3.53. The zero-order valence-corrected chi connectivity index (χ0v) is 7.18. The molecule has 0 aliphatic heterocycles. The van der Waals surface area contributed by atoms with Crippen molar-refractivity contribution in [3.63, 3.8) is 0 Å². The van der Waals surface area contributed by atoms with Crippen LogP contribution in [0, 0.1) is 0 Å². The molecule has 0 rings (SSSR count). The first-order valence-corrected chi connectivity index (χ1v) is 3.53. The van der Waals surface area contributed by atoms with Crippen molar-refractivity contribution in [3.05, 3.63) is 0 Å². The Labute approximate surface area is 62.2 Å². The van der Waals surface area contributed by atoms with Gasteiger partial charge in [-0.3, -0.25) is 0 Å². The number of ether oxygens (including phenoxy) is 1. The molecule has 0 atom stereocenters. The summed E-state index contributed by atoms with van der Waals surface area (Å²) in [5.74, 6) is 0. The molecule has 0 spiro atoms. The largest absolute Gasteiger partial charge is 0.515 e. The van der Waals surface area contributed by atoms with Crippen molar-refractivity contribution in [2.75, 3.05) is 27.2 Å². The number of nitrogens with zero attached hydrogens (tertiary/aromatic N) is 1. The molecule has 0 unspecified atom stereocenters. The van der Waals surface area contributed by atoms with Crippen LogP contribution in [-0.2, 0) is 4.74 Å². The quantitative estimate of drug-likeness (QED) is 0.548. The van der Waals surface area contributed by atoms with Crippen molar-refractivity contribution in [2.24, 2.45) is 0 Å². The number of amides is 1. The van der Waals surface area contributed by atoms with Gasteiger partial charge in [0, 0.05) is 0 Å². The van der Waals surface area contributed by atoms with E-state index in [9.17, 15) is 4.79 Å². The van der Waals surface area contributed by atoms with Crippen molar-refractivity contribution < 1.29 is 14.0 Å². The lowest BCUT2D eigenvalue weighted by molar-refractivity contribution is -0.833. The summed E-state index contributed by atoms with van der Waals surface area (Å²) in [6.07, 6.45) is -0.162. The minimum Gasteiger partial charge on any atom is -0.423 e. The molecule has 0 bridgehead atoms. The van der Waals surface area contributed by atoms with E-state index in [2.05, 4.69) is 4.74 Å². The summed E-state index contributed by atoms with van der Waals surface area (Å²) in [6.45, 7) is 5.51. The third kappa shape index (κ3) is 1.70. The third-order valence-electron chi connectivity index (χ3n) is 2.01. The van der Waals surface area contributed by atoms with Crippen molar-refractivity contribution in [2.45, 2.75) is 13.8 Å². The van der Waals surface area contributed by atoms with Crippen molar-refractivity contribution >= 4 is 6.09 Å². The first kappa shape index (κ1) is 9.43. The predicted molar refractivity (Wildman–Crippen MR) is 39.7 cm³/mol. The summed E-state index contributed by atoms with van der Waals surface area (Å²) in [5.41, 5.74) is 0. The molecular formula is C7H16NO2+. The van der Waals surface area contributed by atoms with Crippen LogP contribution < -0.4 is 0 Å². The fourth-order valence-electron chi connectivity index (χ4n) is 0.702. The molecular weight excluding hydrogens is 130 g/mol. The molecule has 0 aromatic carbocycles. The zero-order valence-electron chi connectivity index (χ0n) is 7.18. The van der Waals surface area contributed by atoms with Gasteiger partial charge in [-0.1, -0.05) is 0 Å². The maximum Gasteiger partial charge on any atom is 0.515 e. The van der Waals surface area contributed by atoms with Crippen LogP contribution in [0.2, 0.25) is 0 Å². The van der Waals surface area contributed by atoms with Gasteiger partial charge in [0.25, 0.3) is 0 Å². The van der Waals surface area contributed by atoms with Crippen LogP contribution in [0.3, 0.4) is 0 Å². The molecule has 0 N–H and O–H groups in total. The number of hydrogen-bond acceptors (Lipinski definition) is 2. The van der Waals surface area contributed by atoms with Crippen molar-refractivity contribution in [3.8, 4) is 0 Å². The molecule has 60 valence electrons. The van der Waals surface area contributed by atoms with E-state index >= 15 is 0 Å². The Morgan fingerprint density at radius 1 is 1.40 bits per heavy atom. The van der Waals surface area contributed by atoms with Crippen LogP contribution in [0.1, 0.15) is 13.8 Å². The van der Waals surface area contributed by atoms with Gasteiger partial charge in [0.15, 0.2) is 0 Å². The van der Waals surface area contributed by atoms with E-state index in [1.807, 2.05) is 20.9 Å². The van der Waals surface area contributed by atoms with Gasteiger partial charge in [0.05, 0.1) is 27.2 Å². The van der Waals surface area contributed by atoms with Gasteiger partial charge < -0.3 is 4.74 Å². The Morgan fingerprint density at radius 2 is 1.80 bits per heavy atom. The molecule has 0 aliphatic carbocycles. The standard InChI is InChI=1S/C7H16NO2/c1-5-8(3,6-2)7(9)10-4/h5-6H2,1-4H3/q+1. The maximum atomic E-state index is 11.0. The zero-order chi connectivity index (χ0) is 8.20. The van der Waals surface area contributed by atoms with Crippen LogP contribution in [0.15, 0.2) is 0 Å². The predicted octanol–water partition coefficient (Wildman–Crippen LogP) is 1.24. The second-order valence-corrected chi connectivity index (χ2v) is 2.50.